The lowest BCUT2D eigenvalue weighted by Crippen LogP contribution is -2.11. The number of aryl methyl sites for hydroxylation is 1. The topological polar surface area (TPSA) is 47.3 Å². The number of hydrogen-bond donors (Lipinski definition) is 1. The van der Waals surface area contributed by atoms with E-state index in [0.717, 1.165) is 12.2 Å². The number of ether oxygens (including phenoxy) is 1. The summed E-state index contributed by atoms with van der Waals surface area (Å²) in [5, 5.41) is 3.12. The molecule has 0 saturated heterocycles. The molecule has 0 amide bonds. The molecule has 0 fully saturated rings. The fourth-order valence-electron chi connectivity index (χ4n) is 1.41. The molecule has 0 radical (unpaired) electrons. The molecule has 1 N–H and O–H groups in total. The van der Waals surface area contributed by atoms with Crippen molar-refractivity contribution in [2.75, 3.05) is 6.54 Å². The molecule has 18 heavy (non-hydrogen) atoms. The Kier molecular flexibility index (Phi) is 3.94. The molecule has 0 aliphatic carbocycles. The van der Waals surface area contributed by atoms with Crippen LogP contribution in [0.1, 0.15) is 18.2 Å². The lowest BCUT2D eigenvalue weighted by molar-refractivity contribution is 0.329. The highest BCUT2D eigenvalue weighted by Gasteiger charge is 2.07. The second-order valence-electron chi connectivity index (χ2n) is 3.90. The van der Waals surface area contributed by atoms with E-state index in [1.54, 1.807) is 19.1 Å². The predicted octanol–water partition coefficient (Wildman–Crippen LogP) is 3.02. The number of halogens is 1. The number of aromatic nitrogens is 1. The van der Waals surface area contributed by atoms with Gasteiger partial charge in [0.2, 0.25) is 0 Å². The number of nitrogens with one attached hydrogen (secondary N) is 1. The van der Waals surface area contributed by atoms with Crippen molar-refractivity contribution in [3.63, 3.8) is 0 Å². The minimum atomic E-state index is -0.313. The highest BCUT2D eigenvalue weighted by atomic mass is 19.1. The van der Waals surface area contributed by atoms with Crippen molar-refractivity contribution in [1.82, 2.24) is 10.3 Å². The van der Waals surface area contributed by atoms with E-state index in [0.29, 0.717) is 17.9 Å². The summed E-state index contributed by atoms with van der Waals surface area (Å²) in [6.45, 7) is 5.17. The van der Waals surface area contributed by atoms with Crippen molar-refractivity contribution in [1.29, 1.82) is 0 Å². The maximum Gasteiger partial charge on any atom is 0.399 e. The van der Waals surface area contributed by atoms with Crippen LogP contribution in [-0.4, -0.2) is 11.5 Å². The predicted molar refractivity (Wildman–Crippen MR) is 65.1 cm³/mol. The summed E-state index contributed by atoms with van der Waals surface area (Å²) in [6.07, 6.45) is 1.63. The molecule has 0 spiro atoms. The molecule has 2 aromatic rings. The van der Waals surface area contributed by atoms with Gasteiger partial charge in [0.1, 0.15) is 17.8 Å². The smallest absolute Gasteiger partial charge is 0.399 e. The first-order valence-corrected chi connectivity index (χ1v) is 5.78. The first-order valence-electron chi connectivity index (χ1n) is 5.78. The zero-order valence-electron chi connectivity index (χ0n) is 10.4. The van der Waals surface area contributed by atoms with E-state index in [4.69, 9.17) is 9.15 Å². The van der Waals surface area contributed by atoms with Gasteiger partial charge in [-0.05, 0) is 25.1 Å². The van der Waals surface area contributed by atoms with Crippen LogP contribution < -0.4 is 10.1 Å². The van der Waals surface area contributed by atoms with Gasteiger partial charge in [-0.15, -0.1) is 0 Å². The molecule has 2 rings (SSSR count). The zero-order chi connectivity index (χ0) is 13.0. The van der Waals surface area contributed by atoms with Gasteiger partial charge in [0.25, 0.3) is 0 Å². The van der Waals surface area contributed by atoms with E-state index in [2.05, 4.69) is 10.3 Å². The molecule has 1 aromatic heterocycles. The fraction of sp³-hybridized carbons (Fsp3) is 0.308. The summed E-state index contributed by atoms with van der Waals surface area (Å²) in [4.78, 5) is 4.12. The van der Waals surface area contributed by atoms with Crippen LogP contribution in [0.3, 0.4) is 0 Å². The van der Waals surface area contributed by atoms with Crippen molar-refractivity contribution in [2.24, 2.45) is 0 Å². The van der Waals surface area contributed by atoms with Crippen molar-refractivity contribution in [3.8, 4) is 11.8 Å². The molecule has 4 nitrogen and oxygen atoms in total. The van der Waals surface area contributed by atoms with Crippen LogP contribution in [-0.2, 0) is 6.54 Å². The normalized spacial score (nSPS) is 10.6. The number of oxazole rings is 1. The second kappa shape index (κ2) is 5.64. The van der Waals surface area contributed by atoms with Crippen LogP contribution in [0.5, 0.6) is 11.8 Å². The monoisotopic (exact) mass is 250 g/mol. The van der Waals surface area contributed by atoms with Crippen LogP contribution in [0.25, 0.3) is 0 Å². The Morgan fingerprint density at radius 1 is 1.44 bits per heavy atom. The van der Waals surface area contributed by atoms with E-state index in [9.17, 15) is 4.39 Å². The summed E-state index contributed by atoms with van der Waals surface area (Å²) in [6, 6.07) is 4.63. The van der Waals surface area contributed by atoms with Crippen LogP contribution in [0, 0.1) is 12.7 Å². The minimum absolute atomic E-state index is 0.117. The summed E-state index contributed by atoms with van der Waals surface area (Å²) in [5.74, 6) is 0.0573. The third-order valence-electron chi connectivity index (χ3n) is 2.44. The van der Waals surface area contributed by atoms with Gasteiger partial charge in [0.15, 0.2) is 0 Å². The molecular weight excluding hydrogens is 235 g/mol. The summed E-state index contributed by atoms with van der Waals surface area (Å²) in [7, 11) is 0. The average molecular weight is 250 g/mol. The lowest BCUT2D eigenvalue weighted by Gasteiger charge is -2.01. The van der Waals surface area contributed by atoms with Crippen LogP contribution in [0.4, 0.5) is 4.39 Å². The van der Waals surface area contributed by atoms with Crippen molar-refractivity contribution >= 4 is 0 Å². The van der Waals surface area contributed by atoms with Gasteiger partial charge in [0.05, 0.1) is 5.69 Å². The Bertz CT molecular complexity index is 525. The fourth-order valence-corrected chi connectivity index (χ4v) is 1.41. The molecule has 96 valence electrons. The van der Waals surface area contributed by atoms with Crippen LogP contribution in [0.2, 0.25) is 0 Å². The number of benzene rings is 1. The maximum absolute atomic E-state index is 13.3. The third-order valence-corrected chi connectivity index (χ3v) is 2.44. The highest BCUT2D eigenvalue weighted by molar-refractivity contribution is 5.29. The van der Waals surface area contributed by atoms with E-state index in [1.165, 1.54) is 12.3 Å². The van der Waals surface area contributed by atoms with Gasteiger partial charge < -0.3 is 14.5 Å². The number of rotatable bonds is 5. The molecule has 1 aromatic carbocycles. The minimum Gasteiger partial charge on any atom is -0.417 e. The third kappa shape index (κ3) is 3.07. The van der Waals surface area contributed by atoms with E-state index in [-0.39, 0.29) is 11.9 Å². The molecule has 0 aliphatic rings. The molecule has 0 atom stereocenters. The number of hydrogen-bond acceptors (Lipinski definition) is 4. The quantitative estimate of drug-likeness (QED) is 0.886. The van der Waals surface area contributed by atoms with Gasteiger partial charge in [-0.3, -0.25) is 0 Å². The standard InChI is InChI=1S/C13H15FN2O2/c1-3-15-7-10-8-17-13(16-10)18-11-5-4-9(2)12(14)6-11/h4-6,8,15H,3,7H2,1-2H3. The Labute approximate surface area is 105 Å². The van der Waals surface area contributed by atoms with E-state index in [1.807, 2.05) is 6.92 Å². The Balaban J connectivity index is 2.04. The first-order chi connectivity index (χ1) is 8.69. The van der Waals surface area contributed by atoms with E-state index < -0.39 is 0 Å². The summed E-state index contributed by atoms with van der Waals surface area (Å²) >= 11 is 0. The average Bonchev–Trinajstić information content (AvgIpc) is 2.79. The van der Waals surface area contributed by atoms with Gasteiger partial charge >= 0.3 is 6.08 Å². The Hall–Kier alpha value is -1.88. The van der Waals surface area contributed by atoms with Gasteiger partial charge in [-0.2, -0.15) is 4.98 Å². The molecule has 1 heterocycles. The molecule has 0 saturated carbocycles. The van der Waals surface area contributed by atoms with Crippen LogP contribution >= 0.6 is 0 Å². The molecule has 5 heteroatoms. The lowest BCUT2D eigenvalue weighted by atomic mass is 10.2. The zero-order valence-corrected chi connectivity index (χ0v) is 10.4. The van der Waals surface area contributed by atoms with Gasteiger partial charge in [0, 0.05) is 12.6 Å². The molecular formula is C13H15FN2O2. The summed E-state index contributed by atoms with van der Waals surface area (Å²) < 4.78 is 23.8. The van der Waals surface area contributed by atoms with Gasteiger partial charge in [-0.1, -0.05) is 13.0 Å². The van der Waals surface area contributed by atoms with Crippen molar-refractivity contribution in [2.45, 2.75) is 20.4 Å². The SMILES string of the molecule is CCNCc1coc(Oc2ccc(C)c(F)c2)n1. The second-order valence-corrected chi connectivity index (χ2v) is 3.90. The van der Waals surface area contributed by atoms with E-state index >= 15 is 0 Å². The Morgan fingerprint density at radius 3 is 3.00 bits per heavy atom. The van der Waals surface area contributed by atoms with Crippen LogP contribution in [0.15, 0.2) is 28.9 Å². The largest absolute Gasteiger partial charge is 0.417 e. The summed E-state index contributed by atoms with van der Waals surface area (Å²) in [5.41, 5.74) is 1.32. The molecule has 0 unspecified atom stereocenters. The first kappa shape index (κ1) is 12.6. The maximum atomic E-state index is 13.3. The van der Waals surface area contributed by atoms with Crippen molar-refractivity contribution in [3.05, 3.63) is 41.5 Å². The van der Waals surface area contributed by atoms with Gasteiger partial charge in [-0.25, -0.2) is 4.39 Å². The Morgan fingerprint density at radius 2 is 2.28 bits per heavy atom. The number of nitrogens with zero attached hydrogens (tertiary/aromatic N) is 1. The van der Waals surface area contributed by atoms with Crippen molar-refractivity contribution < 1.29 is 13.5 Å². The molecule has 0 aliphatic heterocycles. The highest BCUT2D eigenvalue weighted by Crippen LogP contribution is 2.22. The molecule has 0 bridgehead atoms.